The highest BCUT2D eigenvalue weighted by Gasteiger charge is 2.13. The van der Waals surface area contributed by atoms with Crippen LogP contribution in [-0.2, 0) is 4.79 Å². The maximum absolute atomic E-state index is 11.2. The van der Waals surface area contributed by atoms with Crippen LogP contribution >= 0.6 is 0 Å². The quantitative estimate of drug-likeness (QED) is 0.619. The van der Waals surface area contributed by atoms with Crippen LogP contribution in [0.2, 0.25) is 0 Å². The number of nitrogens with zero attached hydrogens (tertiary/aromatic N) is 4. The number of hydrogen-bond donors (Lipinski definition) is 0. The number of carbonyl (C=O) groups is 1. The summed E-state index contributed by atoms with van der Waals surface area (Å²) in [6, 6.07) is 5.57. The molecule has 0 fully saturated rings. The average molecular weight is 260 g/mol. The molecule has 0 saturated heterocycles. The van der Waals surface area contributed by atoms with Gasteiger partial charge in [0.2, 0.25) is 0 Å². The van der Waals surface area contributed by atoms with Crippen molar-refractivity contribution in [1.29, 1.82) is 0 Å². The Morgan fingerprint density at radius 2 is 2.00 bits per heavy atom. The van der Waals surface area contributed by atoms with Gasteiger partial charge in [0.25, 0.3) is 5.69 Å². The maximum atomic E-state index is 11.2. The highest BCUT2D eigenvalue weighted by Crippen LogP contribution is 2.19. The molecule has 7 nitrogen and oxygen atoms in total. The first kappa shape index (κ1) is 12.9. The molecule has 2 aromatic rings. The van der Waals surface area contributed by atoms with Crippen LogP contribution < -0.4 is 0 Å². The molecule has 1 aromatic carbocycles. The van der Waals surface area contributed by atoms with Gasteiger partial charge in [-0.3, -0.25) is 14.9 Å². The third kappa shape index (κ3) is 2.65. The van der Waals surface area contributed by atoms with Gasteiger partial charge in [-0.25, -0.2) is 9.67 Å². The van der Waals surface area contributed by atoms with Gasteiger partial charge in [-0.2, -0.15) is 5.10 Å². The summed E-state index contributed by atoms with van der Waals surface area (Å²) in [7, 11) is 0. The van der Waals surface area contributed by atoms with Gasteiger partial charge < -0.3 is 0 Å². The number of rotatable bonds is 4. The molecule has 0 bridgehead atoms. The molecule has 19 heavy (non-hydrogen) atoms. The molecule has 7 heteroatoms. The fourth-order valence-corrected chi connectivity index (χ4v) is 1.51. The zero-order chi connectivity index (χ0) is 14.0. The monoisotopic (exact) mass is 260 g/mol. The minimum Gasteiger partial charge on any atom is -0.298 e. The van der Waals surface area contributed by atoms with E-state index in [-0.39, 0.29) is 17.5 Å². The van der Waals surface area contributed by atoms with Gasteiger partial charge in [-0.1, -0.05) is 0 Å². The molecule has 1 heterocycles. The van der Waals surface area contributed by atoms with E-state index in [1.807, 2.05) is 0 Å². The van der Waals surface area contributed by atoms with Crippen molar-refractivity contribution in [1.82, 2.24) is 14.8 Å². The van der Waals surface area contributed by atoms with Crippen molar-refractivity contribution in [3.05, 3.63) is 40.7 Å². The average Bonchev–Trinajstić information content (AvgIpc) is 2.87. The molecule has 0 aliphatic rings. The molecule has 0 aliphatic heterocycles. The second-order valence-electron chi connectivity index (χ2n) is 4.14. The summed E-state index contributed by atoms with van der Waals surface area (Å²) in [5, 5.41) is 14.7. The predicted molar refractivity (Wildman–Crippen MR) is 67.5 cm³/mol. The highest BCUT2D eigenvalue weighted by atomic mass is 16.6. The Morgan fingerprint density at radius 1 is 1.37 bits per heavy atom. The van der Waals surface area contributed by atoms with Crippen LogP contribution in [0.25, 0.3) is 11.4 Å². The van der Waals surface area contributed by atoms with E-state index in [0.29, 0.717) is 11.4 Å². The number of carbonyl (C=O) groups excluding carboxylic acids is 1. The molecule has 1 aromatic heterocycles. The molecule has 0 saturated carbocycles. The number of nitro groups is 1. The number of hydrogen-bond acceptors (Lipinski definition) is 5. The van der Waals surface area contributed by atoms with Crippen molar-refractivity contribution >= 4 is 11.5 Å². The van der Waals surface area contributed by atoms with Crippen molar-refractivity contribution < 1.29 is 9.72 Å². The Kier molecular flexibility index (Phi) is 3.37. The molecule has 2 rings (SSSR count). The van der Waals surface area contributed by atoms with E-state index in [4.69, 9.17) is 0 Å². The fourth-order valence-electron chi connectivity index (χ4n) is 1.51. The summed E-state index contributed by atoms with van der Waals surface area (Å²) in [5.74, 6) is 0.420. The molecule has 1 atom stereocenters. The molecular formula is C12H12N4O3. The van der Waals surface area contributed by atoms with Gasteiger partial charge in [0.05, 0.1) is 4.92 Å². The topological polar surface area (TPSA) is 90.9 Å². The first-order valence-electron chi connectivity index (χ1n) is 5.65. The van der Waals surface area contributed by atoms with Crippen molar-refractivity contribution in [3.8, 4) is 11.4 Å². The second kappa shape index (κ2) is 4.97. The molecule has 0 aliphatic carbocycles. The lowest BCUT2D eigenvalue weighted by Crippen LogP contribution is -2.13. The summed E-state index contributed by atoms with van der Waals surface area (Å²) in [4.78, 5) is 25.4. The Bertz CT molecular complexity index is 618. The first-order chi connectivity index (χ1) is 8.99. The summed E-state index contributed by atoms with van der Waals surface area (Å²) in [5.41, 5.74) is 0.681. The lowest BCUT2D eigenvalue weighted by atomic mass is 10.2. The summed E-state index contributed by atoms with van der Waals surface area (Å²) < 4.78 is 1.47. The van der Waals surface area contributed by atoms with E-state index in [0.717, 1.165) is 0 Å². The number of benzene rings is 1. The zero-order valence-electron chi connectivity index (χ0n) is 10.5. The van der Waals surface area contributed by atoms with Crippen LogP contribution in [0.1, 0.15) is 19.9 Å². The van der Waals surface area contributed by atoms with E-state index >= 15 is 0 Å². The highest BCUT2D eigenvalue weighted by molar-refractivity contribution is 5.79. The standard InChI is InChI=1S/C12H12N4O3/c1-8(9(2)17)15-7-13-12(14-15)10-3-5-11(6-4-10)16(18)19/h3-8H,1-2H3. The van der Waals surface area contributed by atoms with Crippen LogP contribution in [0.15, 0.2) is 30.6 Å². The lowest BCUT2D eigenvalue weighted by Gasteiger charge is -2.05. The molecule has 1 unspecified atom stereocenters. The number of aromatic nitrogens is 3. The number of nitro benzene ring substituents is 1. The minimum atomic E-state index is -0.465. The van der Waals surface area contributed by atoms with Crippen molar-refractivity contribution in [2.24, 2.45) is 0 Å². The van der Waals surface area contributed by atoms with Crippen molar-refractivity contribution in [3.63, 3.8) is 0 Å². The molecular weight excluding hydrogens is 248 g/mol. The van der Waals surface area contributed by atoms with E-state index in [9.17, 15) is 14.9 Å². The Labute approximate surface area is 109 Å². The summed E-state index contributed by atoms with van der Waals surface area (Å²) in [6.45, 7) is 3.22. The van der Waals surface area contributed by atoms with Gasteiger partial charge >= 0.3 is 0 Å². The van der Waals surface area contributed by atoms with Crippen molar-refractivity contribution in [2.45, 2.75) is 19.9 Å². The van der Waals surface area contributed by atoms with Gasteiger partial charge in [0.15, 0.2) is 11.6 Å². The van der Waals surface area contributed by atoms with Crippen LogP contribution in [0.3, 0.4) is 0 Å². The minimum absolute atomic E-state index is 0.0138. The largest absolute Gasteiger partial charge is 0.298 e. The molecule has 0 N–H and O–H groups in total. The number of Topliss-reactive ketones (excluding diaryl/α,β-unsaturated/α-hetero) is 1. The van der Waals surface area contributed by atoms with Gasteiger partial charge in [0.1, 0.15) is 12.4 Å². The van der Waals surface area contributed by atoms with Crippen LogP contribution in [0.4, 0.5) is 5.69 Å². The lowest BCUT2D eigenvalue weighted by molar-refractivity contribution is -0.384. The molecule has 0 spiro atoms. The molecule has 0 amide bonds. The fraction of sp³-hybridized carbons (Fsp3) is 0.250. The van der Waals surface area contributed by atoms with Gasteiger partial charge in [-0.05, 0) is 26.0 Å². The third-order valence-electron chi connectivity index (χ3n) is 2.83. The predicted octanol–water partition coefficient (Wildman–Crippen LogP) is 2.00. The maximum Gasteiger partial charge on any atom is 0.269 e. The summed E-state index contributed by atoms with van der Waals surface area (Å²) >= 11 is 0. The van der Waals surface area contributed by atoms with E-state index in [2.05, 4.69) is 10.1 Å². The first-order valence-corrected chi connectivity index (χ1v) is 5.65. The Balaban J connectivity index is 2.27. The van der Waals surface area contributed by atoms with Crippen LogP contribution in [-0.4, -0.2) is 25.5 Å². The normalized spacial score (nSPS) is 12.1. The Hall–Kier alpha value is -2.57. The summed E-state index contributed by atoms with van der Waals surface area (Å²) in [6.07, 6.45) is 1.48. The van der Waals surface area contributed by atoms with E-state index < -0.39 is 4.92 Å². The third-order valence-corrected chi connectivity index (χ3v) is 2.83. The van der Waals surface area contributed by atoms with E-state index in [1.54, 1.807) is 19.1 Å². The Morgan fingerprint density at radius 3 is 2.53 bits per heavy atom. The van der Waals surface area contributed by atoms with Crippen molar-refractivity contribution in [2.75, 3.05) is 0 Å². The van der Waals surface area contributed by atoms with Crippen LogP contribution in [0.5, 0.6) is 0 Å². The smallest absolute Gasteiger partial charge is 0.269 e. The zero-order valence-corrected chi connectivity index (χ0v) is 10.5. The molecule has 98 valence electrons. The van der Waals surface area contributed by atoms with Crippen LogP contribution in [0, 0.1) is 10.1 Å². The van der Waals surface area contributed by atoms with Gasteiger partial charge in [0, 0.05) is 17.7 Å². The second-order valence-corrected chi connectivity index (χ2v) is 4.14. The van der Waals surface area contributed by atoms with E-state index in [1.165, 1.54) is 30.1 Å². The molecule has 0 radical (unpaired) electrons. The SMILES string of the molecule is CC(=O)C(C)n1cnc(-c2ccc([N+](=O)[O-])cc2)n1. The van der Waals surface area contributed by atoms with Gasteiger partial charge in [-0.15, -0.1) is 0 Å². The number of non-ortho nitro benzene ring substituents is 1. The number of ketones is 1.